The van der Waals surface area contributed by atoms with Gasteiger partial charge in [0.05, 0.1) is 0 Å². The molecule has 0 N–H and O–H groups in total. The maximum Gasteiger partial charge on any atom is 0.0211 e. The standard InChI is InChI=1S/C19H13/c1-2-6-15-11-18(10-9-14(15)5-1)19-12-16-7-3-4-8-17(16)13-19/h1-13H. The number of hydrogen-bond acceptors (Lipinski definition) is 0. The monoisotopic (exact) mass is 241 g/mol. The van der Waals surface area contributed by atoms with Crippen molar-refractivity contribution in [2.24, 2.45) is 0 Å². The van der Waals surface area contributed by atoms with E-state index in [2.05, 4.69) is 79.2 Å². The van der Waals surface area contributed by atoms with E-state index in [1.54, 1.807) is 0 Å². The Kier molecular flexibility index (Phi) is 2.28. The van der Waals surface area contributed by atoms with E-state index in [1.807, 2.05) is 0 Å². The van der Waals surface area contributed by atoms with Crippen LogP contribution in [-0.2, 0) is 0 Å². The van der Waals surface area contributed by atoms with E-state index in [4.69, 9.17) is 0 Å². The van der Waals surface area contributed by atoms with Gasteiger partial charge in [-0.1, -0.05) is 66.7 Å². The van der Waals surface area contributed by atoms with Crippen molar-refractivity contribution in [1.82, 2.24) is 0 Å². The molecule has 0 fully saturated rings. The highest BCUT2D eigenvalue weighted by molar-refractivity contribution is 5.97. The largest absolute Gasteiger partial charge is 0.0619 e. The van der Waals surface area contributed by atoms with Crippen LogP contribution in [0, 0.1) is 6.42 Å². The van der Waals surface area contributed by atoms with Crippen LogP contribution in [0.5, 0.6) is 0 Å². The fourth-order valence-electron chi connectivity index (χ4n) is 2.69. The summed E-state index contributed by atoms with van der Waals surface area (Å²) in [5.41, 5.74) is 5.21. The van der Waals surface area contributed by atoms with Crippen LogP contribution in [0.15, 0.2) is 66.7 Å². The summed E-state index contributed by atoms with van der Waals surface area (Å²) in [5.74, 6) is 0. The quantitative estimate of drug-likeness (QED) is 0.565. The molecule has 0 amide bonds. The van der Waals surface area contributed by atoms with Gasteiger partial charge < -0.3 is 0 Å². The number of allylic oxidation sites excluding steroid dienone is 1. The average molecular weight is 241 g/mol. The minimum absolute atomic E-state index is 1.29. The van der Waals surface area contributed by atoms with Crippen molar-refractivity contribution < 1.29 is 0 Å². The Morgan fingerprint density at radius 3 is 2.16 bits per heavy atom. The summed E-state index contributed by atoms with van der Waals surface area (Å²) < 4.78 is 0. The maximum atomic E-state index is 2.27. The van der Waals surface area contributed by atoms with Crippen LogP contribution in [0.4, 0.5) is 0 Å². The van der Waals surface area contributed by atoms with Gasteiger partial charge in [-0.2, -0.15) is 0 Å². The minimum atomic E-state index is 1.29. The van der Waals surface area contributed by atoms with Crippen LogP contribution in [0.3, 0.4) is 0 Å². The van der Waals surface area contributed by atoms with E-state index < -0.39 is 0 Å². The van der Waals surface area contributed by atoms with E-state index >= 15 is 0 Å². The Bertz CT molecular complexity index is 794. The van der Waals surface area contributed by atoms with Crippen molar-refractivity contribution in [2.45, 2.75) is 0 Å². The Balaban J connectivity index is 1.81. The van der Waals surface area contributed by atoms with Crippen LogP contribution in [0.1, 0.15) is 16.7 Å². The SMILES string of the molecule is [CH]1C(c2ccc3ccccc3c2)=Cc2ccccc21. The third kappa shape index (κ3) is 1.77. The Morgan fingerprint density at radius 1 is 0.579 bits per heavy atom. The van der Waals surface area contributed by atoms with E-state index in [0.717, 1.165) is 0 Å². The van der Waals surface area contributed by atoms with Crippen molar-refractivity contribution in [3.05, 3.63) is 89.8 Å². The van der Waals surface area contributed by atoms with Gasteiger partial charge in [0, 0.05) is 6.42 Å². The molecule has 19 heavy (non-hydrogen) atoms. The predicted octanol–water partition coefficient (Wildman–Crippen LogP) is 4.95. The lowest BCUT2D eigenvalue weighted by Crippen LogP contribution is -1.83. The zero-order valence-corrected chi connectivity index (χ0v) is 10.5. The van der Waals surface area contributed by atoms with Gasteiger partial charge in [-0.15, -0.1) is 0 Å². The summed E-state index contributed by atoms with van der Waals surface area (Å²) in [6.45, 7) is 0. The molecule has 0 spiro atoms. The lowest BCUT2D eigenvalue weighted by Gasteiger charge is -2.04. The van der Waals surface area contributed by atoms with Gasteiger partial charge in [0.2, 0.25) is 0 Å². The zero-order valence-electron chi connectivity index (χ0n) is 10.5. The number of fused-ring (bicyclic) bond motifs is 2. The Morgan fingerprint density at radius 2 is 1.32 bits per heavy atom. The topological polar surface area (TPSA) is 0 Å². The number of benzene rings is 3. The van der Waals surface area contributed by atoms with Gasteiger partial charge in [0.1, 0.15) is 0 Å². The molecule has 89 valence electrons. The molecule has 0 aromatic heterocycles. The van der Waals surface area contributed by atoms with Gasteiger partial charge in [0.15, 0.2) is 0 Å². The predicted molar refractivity (Wildman–Crippen MR) is 81.7 cm³/mol. The first-order valence-electron chi connectivity index (χ1n) is 6.55. The van der Waals surface area contributed by atoms with Crippen LogP contribution in [-0.4, -0.2) is 0 Å². The van der Waals surface area contributed by atoms with E-state index in [0.29, 0.717) is 0 Å². The average Bonchev–Trinajstić information content (AvgIpc) is 2.90. The van der Waals surface area contributed by atoms with E-state index in [9.17, 15) is 0 Å². The van der Waals surface area contributed by atoms with Gasteiger partial charge in [-0.25, -0.2) is 0 Å². The molecule has 1 radical (unpaired) electrons. The van der Waals surface area contributed by atoms with Crippen LogP contribution in [0.25, 0.3) is 22.4 Å². The van der Waals surface area contributed by atoms with Crippen molar-refractivity contribution in [3.8, 4) is 0 Å². The third-order valence-corrected chi connectivity index (χ3v) is 3.70. The Labute approximate surface area is 113 Å². The van der Waals surface area contributed by atoms with Crippen molar-refractivity contribution in [2.75, 3.05) is 0 Å². The molecule has 0 unspecified atom stereocenters. The summed E-state index contributed by atoms with van der Waals surface area (Å²) in [7, 11) is 0. The number of rotatable bonds is 1. The second kappa shape index (κ2) is 4.10. The summed E-state index contributed by atoms with van der Waals surface area (Å²) in [4.78, 5) is 0. The van der Waals surface area contributed by atoms with E-state index in [-0.39, 0.29) is 0 Å². The Hall–Kier alpha value is -2.34. The fraction of sp³-hybridized carbons (Fsp3) is 0. The van der Waals surface area contributed by atoms with Gasteiger partial charge in [-0.05, 0) is 39.1 Å². The molecular formula is C19H13. The second-order valence-corrected chi connectivity index (χ2v) is 4.93. The molecule has 3 aromatic rings. The highest BCUT2D eigenvalue weighted by Gasteiger charge is 2.13. The molecule has 0 saturated carbocycles. The first-order chi connectivity index (χ1) is 9.40. The molecule has 1 aliphatic rings. The van der Waals surface area contributed by atoms with Crippen molar-refractivity contribution >= 4 is 22.4 Å². The highest BCUT2D eigenvalue weighted by Crippen LogP contribution is 2.34. The molecule has 0 nitrogen and oxygen atoms in total. The van der Waals surface area contributed by atoms with Gasteiger partial charge in [-0.3, -0.25) is 0 Å². The molecule has 0 atom stereocenters. The molecule has 0 saturated heterocycles. The summed E-state index contributed by atoms with van der Waals surface area (Å²) in [6, 6.07) is 23.7. The molecule has 0 aliphatic heterocycles. The number of hydrogen-bond donors (Lipinski definition) is 0. The van der Waals surface area contributed by atoms with Crippen molar-refractivity contribution in [1.29, 1.82) is 0 Å². The first kappa shape index (κ1) is 10.6. The fourth-order valence-corrected chi connectivity index (χ4v) is 2.69. The van der Waals surface area contributed by atoms with Gasteiger partial charge >= 0.3 is 0 Å². The molecule has 1 aliphatic carbocycles. The zero-order chi connectivity index (χ0) is 12.7. The van der Waals surface area contributed by atoms with Crippen LogP contribution < -0.4 is 0 Å². The van der Waals surface area contributed by atoms with Gasteiger partial charge in [0.25, 0.3) is 0 Å². The van der Waals surface area contributed by atoms with Crippen molar-refractivity contribution in [3.63, 3.8) is 0 Å². The summed E-state index contributed by atoms with van der Waals surface area (Å²) in [5, 5.41) is 2.59. The molecule has 0 bridgehead atoms. The smallest absolute Gasteiger partial charge is 0.0211 e. The van der Waals surface area contributed by atoms with E-state index in [1.165, 1.54) is 33.0 Å². The van der Waals surface area contributed by atoms with Crippen LogP contribution in [0.2, 0.25) is 0 Å². The second-order valence-electron chi connectivity index (χ2n) is 4.93. The molecule has 0 heterocycles. The highest BCUT2D eigenvalue weighted by atomic mass is 14.2. The molecule has 3 aromatic carbocycles. The lowest BCUT2D eigenvalue weighted by atomic mass is 10.00. The summed E-state index contributed by atoms with van der Waals surface area (Å²) >= 11 is 0. The molecule has 4 rings (SSSR count). The minimum Gasteiger partial charge on any atom is -0.0619 e. The molecular weight excluding hydrogens is 228 g/mol. The maximum absolute atomic E-state index is 2.27. The van der Waals surface area contributed by atoms with Crippen LogP contribution >= 0.6 is 0 Å². The molecule has 0 heteroatoms. The lowest BCUT2D eigenvalue weighted by molar-refractivity contribution is 1.54. The first-order valence-corrected chi connectivity index (χ1v) is 6.55. The third-order valence-electron chi connectivity index (χ3n) is 3.70. The summed E-state index contributed by atoms with van der Waals surface area (Å²) in [6.07, 6.45) is 4.53. The normalized spacial score (nSPS) is 13.4.